The van der Waals surface area contributed by atoms with Crippen LogP contribution in [0.1, 0.15) is 39.5 Å². The predicted molar refractivity (Wildman–Crippen MR) is 59.8 cm³/mol. The van der Waals surface area contributed by atoms with E-state index in [1.54, 1.807) is 6.92 Å². The van der Waals surface area contributed by atoms with Gasteiger partial charge in [0.25, 0.3) is 0 Å². The lowest BCUT2D eigenvalue weighted by molar-refractivity contribution is -0.147. The van der Waals surface area contributed by atoms with Crippen LogP contribution in [0.25, 0.3) is 0 Å². The van der Waals surface area contributed by atoms with Gasteiger partial charge in [0.05, 0.1) is 5.92 Å². The molecule has 2 rings (SSSR count). The van der Waals surface area contributed by atoms with Crippen molar-refractivity contribution < 1.29 is 14.3 Å². The normalized spacial score (nSPS) is 37.0. The Kier molecular flexibility index (Phi) is 2.64. The summed E-state index contributed by atoms with van der Waals surface area (Å²) in [6.45, 7) is 7.45. The van der Waals surface area contributed by atoms with Crippen LogP contribution < -0.4 is 0 Å². The van der Waals surface area contributed by atoms with Gasteiger partial charge in [-0.25, -0.2) is 0 Å². The molecule has 0 amide bonds. The van der Waals surface area contributed by atoms with Crippen molar-refractivity contribution >= 4 is 11.8 Å². The van der Waals surface area contributed by atoms with E-state index in [0.29, 0.717) is 12.0 Å². The Hall–Kier alpha value is -1.12. The maximum atomic E-state index is 11.7. The Morgan fingerprint density at radius 3 is 2.94 bits per heavy atom. The molecule has 0 N–H and O–H groups in total. The largest absolute Gasteiger partial charge is 0.462 e. The molecule has 1 saturated carbocycles. The lowest BCUT2D eigenvalue weighted by Gasteiger charge is -2.36. The number of ether oxygens (including phenoxy) is 1. The number of ketones is 1. The Morgan fingerprint density at radius 2 is 2.31 bits per heavy atom. The average Bonchev–Trinajstić information content (AvgIpc) is 2.52. The SMILES string of the molecule is C=C(C)C(=O)CC1(C)CCC2CC1OC2=O. The highest BCUT2D eigenvalue weighted by Gasteiger charge is 2.50. The third-order valence-corrected chi connectivity index (χ3v) is 3.97. The average molecular weight is 222 g/mol. The van der Waals surface area contributed by atoms with Gasteiger partial charge >= 0.3 is 5.97 Å². The summed E-state index contributed by atoms with van der Waals surface area (Å²) in [6.07, 6.45) is 2.93. The monoisotopic (exact) mass is 222 g/mol. The fraction of sp³-hybridized carbons (Fsp3) is 0.692. The van der Waals surface area contributed by atoms with E-state index in [9.17, 15) is 9.59 Å². The molecule has 3 nitrogen and oxygen atoms in total. The number of carbonyl (C=O) groups excluding carboxylic acids is 2. The first-order valence-electron chi connectivity index (χ1n) is 5.81. The standard InChI is InChI=1S/C13H18O3/c1-8(2)10(14)7-13(3)5-4-9-6-11(13)16-12(9)15/h9,11H,1,4-7H2,2-3H3. The van der Waals surface area contributed by atoms with Crippen LogP contribution in [0.4, 0.5) is 0 Å². The fourth-order valence-electron chi connectivity index (χ4n) is 2.69. The van der Waals surface area contributed by atoms with E-state index in [1.807, 2.05) is 6.92 Å². The molecule has 2 aliphatic rings. The Bertz CT molecular complexity index is 358. The first kappa shape index (κ1) is 11.4. The van der Waals surface area contributed by atoms with Gasteiger partial charge in [-0.2, -0.15) is 0 Å². The van der Waals surface area contributed by atoms with Crippen LogP contribution in [0.3, 0.4) is 0 Å². The molecular formula is C13H18O3. The van der Waals surface area contributed by atoms with Crippen molar-refractivity contribution in [3.8, 4) is 0 Å². The topological polar surface area (TPSA) is 43.4 Å². The lowest BCUT2D eigenvalue weighted by atomic mass is 9.68. The Balaban J connectivity index is 2.11. The second kappa shape index (κ2) is 3.72. The molecule has 2 fully saturated rings. The molecule has 16 heavy (non-hydrogen) atoms. The lowest BCUT2D eigenvalue weighted by Crippen LogP contribution is -2.36. The number of hydrogen-bond acceptors (Lipinski definition) is 3. The Labute approximate surface area is 95.9 Å². The van der Waals surface area contributed by atoms with E-state index in [4.69, 9.17) is 4.74 Å². The smallest absolute Gasteiger partial charge is 0.309 e. The zero-order chi connectivity index (χ0) is 11.9. The van der Waals surface area contributed by atoms with Crippen LogP contribution in [-0.4, -0.2) is 17.9 Å². The van der Waals surface area contributed by atoms with Gasteiger partial charge in [0.1, 0.15) is 6.10 Å². The van der Waals surface area contributed by atoms with Crippen molar-refractivity contribution in [2.24, 2.45) is 11.3 Å². The minimum atomic E-state index is -0.182. The number of carbonyl (C=O) groups is 2. The summed E-state index contributed by atoms with van der Waals surface area (Å²) in [5, 5.41) is 0. The Morgan fingerprint density at radius 1 is 1.62 bits per heavy atom. The zero-order valence-electron chi connectivity index (χ0n) is 9.91. The van der Waals surface area contributed by atoms with Gasteiger partial charge in [-0.15, -0.1) is 0 Å². The van der Waals surface area contributed by atoms with Crippen LogP contribution >= 0.6 is 0 Å². The predicted octanol–water partition coefficient (Wildman–Crippen LogP) is 2.25. The van der Waals surface area contributed by atoms with Crippen LogP contribution in [0, 0.1) is 11.3 Å². The summed E-state index contributed by atoms with van der Waals surface area (Å²) < 4.78 is 5.36. The van der Waals surface area contributed by atoms with E-state index in [-0.39, 0.29) is 29.2 Å². The summed E-state index contributed by atoms with van der Waals surface area (Å²) in [6, 6.07) is 0. The second-order valence-corrected chi connectivity index (χ2v) is 5.43. The van der Waals surface area contributed by atoms with Crippen molar-refractivity contribution in [2.45, 2.75) is 45.6 Å². The van der Waals surface area contributed by atoms with Gasteiger partial charge in [-0.05, 0) is 31.8 Å². The van der Waals surface area contributed by atoms with Crippen LogP contribution in [0.2, 0.25) is 0 Å². The van der Waals surface area contributed by atoms with Crippen molar-refractivity contribution in [3.05, 3.63) is 12.2 Å². The maximum absolute atomic E-state index is 11.7. The molecule has 1 heterocycles. The van der Waals surface area contributed by atoms with Gasteiger partial charge in [0, 0.05) is 11.8 Å². The second-order valence-electron chi connectivity index (χ2n) is 5.43. The number of rotatable bonds is 3. The number of allylic oxidation sites excluding steroid dienone is 1. The molecule has 0 aromatic carbocycles. The fourth-order valence-corrected chi connectivity index (χ4v) is 2.69. The third kappa shape index (κ3) is 1.79. The summed E-state index contributed by atoms with van der Waals surface area (Å²) in [4.78, 5) is 23.2. The maximum Gasteiger partial charge on any atom is 0.309 e. The molecule has 3 heteroatoms. The van der Waals surface area contributed by atoms with Crippen molar-refractivity contribution in [3.63, 3.8) is 0 Å². The van der Waals surface area contributed by atoms with Crippen LogP contribution in [-0.2, 0) is 14.3 Å². The minimum Gasteiger partial charge on any atom is -0.462 e. The summed E-state index contributed by atoms with van der Waals surface area (Å²) in [7, 11) is 0. The van der Waals surface area contributed by atoms with Crippen molar-refractivity contribution in [1.82, 2.24) is 0 Å². The van der Waals surface area contributed by atoms with Gasteiger partial charge in [0.15, 0.2) is 5.78 Å². The number of esters is 1. The highest BCUT2D eigenvalue weighted by molar-refractivity contribution is 5.94. The first-order valence-corrected chi connectivity index (χ1v) is 5.81. The molecule has 1 saturated heterocycles. The van der Waals surface area contributed by atoms with E-state index < -0.39 is 0 Å². The van der Waals surface area contributed by atoms with Gasteiger partial charge in [-0.3, -0.25) is 9.59 Å². The molecule has 88 valence electrons. The molecule has 2 bridgehead atoms. The zero-order valence-corrected chi connectivity index (χ0v) is 9.91. The quantitative estimate of drug-likeness (QED) is 0.543. The molecule has 0 aromatic heterocycles. The summed E-state index contributed by atoms with van der Waals surface area (Å²) >= 11 is 0. The number of Topliss-reactive ketones (excluding diaryl/α,β-unsaturated/α-hetero) is 1. The molecule has 1 aliphatic carbocycles. The minimum absolute atomic E-state index is 0.0675. The van der Waals surface area contributed by atoms with Gasteiger partial charge in [0.2, 0.25) is 0 Å². The van der Waals surface area contributed by atoms with Crippen molar-refractivity contribution in [1.29, 1.82) is 0 Å². The van der Waals surface area contributed by atoms with E-state index in [1.165, 1.54) is 0 Å². The summed E-state index contributed by atoms with van der Waals surface area (Å²) in [5.74, 6) is 0.0957. The molecule has 3 unspecified atom stereocenters. The van der Waals surface area contributed by atoms with E-state index in [0.717, 1.165) is 19.3 Å². The van der Waals surface area contributed by atoms with Crippen LogP contribution in [0.15, 0.2) is 12.2 Å². The van der Waals surface area contributed by atoms with Crippen molar-refractivity contribution in [2.75, 3.05) is 0 Å². The molecule has 0 aromatic rings. The number of hydrogen-bond donors (Lipinski definition) is 0. The highest BCUT2D eigenvalue weighted by atomic mass is 16.6. The highest BCUT2D eigenvalue weighted by Crippen LogP contribution is 2.48. The number of fused-ring (bicyclic) bond motifs is 2. The third-order valence-electron chi connectivity index (χ3n) is 3.97. The molecule has 0 radical (unpaired) electrons. The van der Waals surface area contributed by atoms with Crippen LogP contribution in [0.5, 0.6) is 0 Å². The molecular weight excluding hydrogens is 204 g/mol. The van der Waals surface area contributed by atoms with Gasteiger partial charge in [-0.1, -0.05) is 13.5 Å². The molecule has 3 atom stereocenters. The van der Waals surface area contributed by atoms with E-state index >= 15 is 0 Å². The molecule has 0 spiro atoms. The van der Waals surface area contributed by atoms with Gasteiger partial charge < -0.3 is 4.74 Å². The summed E-state index contributed by atoms with van der Waals surface area (Å²) in [5.41, 5.74) is 0.409. The van der Waals surface area contributed by atoms with E-state index in [2.05, 4.69) is 6.58 Å². The molecule has 1 aliphatic heterocycles. The first-order chi connectivity index (χ1) is 7.42.